The first-order valence-electron chi connectivity index (χ1n) is 5.59. The van der Waals surface area contributed by atoms with Crippen LogP contribution >= 0.6 is 11.3 Å². The minimum atomic E-state index is -0.403. The molecule has 0 aliphatic heterocycles. The minimum absolute atomic E-state index is 0.403. The summed E-state index contributed by atoms with van der Waals surface area (Å²) in [6, 6.07) is 3.81. The van der Waals surface area contributed by atoms with Gasteiger partial charge in [0.05, 0.1) is 17.7 Å². The van der Waals surface area contributed by atoms with Gasteiger partial charge < -0.3 is 10.1 Å². The first-order chi connectivity index (χ1) is 9.24. The number of carbonyl (C=O) groups excluding carboxylic acids is 1. The smallest absolute Gasteiger partial charge is 0.330 e. The summed E-state index contributed by atoms with van der Waals surface area (Å²) >= 11 is 1.52. The zero-order valence-electron chi connectivity index (χ0n) is 10.6. The van der Waals surface area contributed by atoms with Gasteiger partial charge >= 0.3 is 5.97 Å². The van der Waals surface area contributed by atoms with Crippen LogP contribution < -0.4 is 5.32 Å². The van der Waals surface area contributed by atoms with E-state index in [9.17, 15) is 4.79 Å². The summed E-state index contributed by atoms with van der Waals surface area (Å²) in [7, 11) is 3.15. The molecule has 19 heavy (non-hydrogen) atoms. The summed E-state index contributed by atoms with van der Waals surface area (Å²) in [5, 5.41) is 3.79. The summed E-state index contributed by atoms with van der Waals surface area (Å²) in [5.41, 5.74) is 1.74. The van der Waals surface area contributed by atoms with Gasteiger partial charge in [0.2, 0.25) is 0 Å². The Morgan fingerprint density at radius 3 is 2.79 bits per heavy atom. The highest BCUT2D eigenvalue weighted by Gasteiger charge is 2.10. The maximum Gasteiger partial charge on any atom is 0.330 e. The molecule has 0 radical (unpaired) electrons. The molecule has 0 saturated heterocycles. The van der Waals surface area contributed by atoms with Crippen LogP contribution in [0.3, 0.4) is 0 Å². The molecule has 0 bridgehead atoms. The van der Waals surface area contributed by atoms with E-state index in [4.69, 9.17) is 0 Å². The van der Waals surface area contributed by atoms with Gasteiger partial charge in [-0.3, -0.25) is 4.98 Å². The molecule has 2 heterocycles. The van der Waals surface area contributed by atoms with Crippen molar-refractivity contribution < 1.29 is 9.53 Å². The van der Waals surface area contributed by atoms with Crippen molar-refractivity contribution in [2.45, 2.75) is 0 Å². The number of pyridine rings is 1. The molecule has 0 aliphatic carbocycles. The van der Waals surface area contributed by atoms with Gasteiger partial charge in [0, 0.05) is 25.5 Å². The van der Waals surface area contributed by atoms with E-state index in [-0.39, 0.29) is 0 Å². The van der Waals surface area contributed by atoms with Gasteiger partial charge in [-0.15, -0.1) is 0 Å². The number of anilines is 1. The van der Waals surface area contributed by atoms with Crippen molar-refractivity contribution in [2.75, 3.05) is 19.5 Å². The summed E-state index contributed by atoms with van der Waals surface area (Å²) < 4.78 is 4.57. The maximum absolute atomic E-state index is 11.2. The van der Waals surface area contributed by atoms with Crippen LogP contribution in [-0.4, -0.2) is 30.1 Å². The topological polar surface area (TPSA) is 64.1 Å². The van der Waals surface area contributed by atoms with E-state index < -0.39 is 5.97 Å². The van der Waals surface area contributed by atoms with Crippen LogP contribution in [0.5, 0.6) is 0 Å². The summed E-state index contributed by atoms with van der Waals surface area (Å²) in [6.45, 7) is 0. The molecular weight excluding hydrogens is 262 g/mol. The second-order valence-electron chi connectivity index (χ2n) is 3.58. The Hall–Kier alpha value is -2.21. The van der Waals surface area contributed by atoms with Crippen LogP contribution in [0.15, 0.2) is 30.6 Å². The maximum atomic E-state index is 11.2. The van der Waals surface area contributed by atoms with Gasteiger partial charge in [-0.25, -0.2) is 9.78 Å². The number of nitrogens with zero attached hydrogens (tertiary/aromatic N) is 2. The molecule has 0 aromatic carbocycles. The van der Waals surface area contributed by atoms with Crippen molar-refractivity contribution >= 4 is 28.5 Å². The van der Waals surface area contributed by atoms with Crippen molar-refractivity contribution in [1.29, 1.82) is 0 Å². The fourth-order valence-electron chi connectivity index (χ4n) is 1.48. The van der Waals surface area contributed by atoms with Gasteiger partial charge in [0.15, 0.2) is 5.13 Å². The van der Waals surface area contributed by atoms with Crippen LogP contribution in [0, 0.1) is 0 Å². The zero-order valence-corrected chi connectivity index (χ0v) is 11.4. The molecule has 2 aromatic heterocycles. The number of methoxy groups -OCH3 is 1. The van der Waals surface area contributed by atoms with E-state index in [0.29, 0.717) is 0 Å². The number of aromatic nitrogens is 2. The minimum Gasteiger partial charge on any atom is -0.466 e. The predicted octanol–water partition coefficient (Wildman–Crippen LogP) is 2.43. The van der Waals surface area contributed by atoms with Gasteiger partial charge in [-0.2, -0.15) is 0 Å². The molecule has 98 valence electrons. The molecule has 0 amide bonds. The summed E-state index contributed by atoms with van der Waals surface area (Å²) in [4.78, 5) is 20.5. The molecule has 6 heteroatoms. The molecule has 0 spiro atoms. The normalized spacial score (nSPS) is 10.6. The number of rotatable bonds is 4. The third-order valence-electron chi connectivity index (χ3n) is 2.39. The van der Waals surface area contributed by atoms with Gasteiger partial charge in [0.1, 0.15) is 0 Å². The Labute approximate surface area is 115 Å². The van der Waals surface area contributed by atoms with E-state index >= 15 is 0 Å². The number of hydrogen-bond donors (Lipinski definition) is 1. The van der Waals surface area contributed by atoms with E-state index in [1.54, 1.807) is 18.5 Å². The Balaban J connectivity index is 2.40. The van der Waals surface area contributed by atoms with Gasteiger partial charge in [-0.1, -0.05) is 11.3 Å². The van der Waals surface area contributed by atoms with E-state index in [1.165, 1.54) is 24.5 Å². The van der Waals surface area contributed by atoms with Crippen LogP contribution in [0.2, 0.25) is 0 Å². The fraction of sp³-hybridized carbons (Fsp3) is 0.154. The van der Waals surface area contributed by atoms with Gasteiger partial charge in [0.25, 0.3) is 0 Å². The fourth-order valence-corrected chi connectivity index (χ4v) is 2.39. The number of carbonyl (C=O) groups is 1. The average Bonchev–Trinajstić information content (AvgIpc) is 2.89. The molecular formula is C13H13N3O2S. The summed E-state index contributed by atoms with van der Waals surface area (Å²) in [6.07, 6.45) is 6.46. The Morgan fingerprint density at radius 2 is 2.16 bits per heavy atom. The van der Waals surface area contributed by atoms with Crippen molar-refractivity contribution in [3.63, 3.8) is 0 Å². The Bertz CT molecular complexity index is 593. The van der Waals surface area contributed by atoms with Crippen LogP contribution in [0.4, 0.5) is 5.13 Å². The third kappa shape index (κ3) is 3.17. The van der Waals surface area contributed by atoms with Crippen molar-refractivity contribution in [3.05, 3.63) is 36.3 Å². The molecule has 1 N–H and O–H groups in total. The molecule has 0 aliphatic rings. The van der Waals surface area contributed by atoms with E-state index in [0.717, 1.165) is 21.3 Å². The Morgan fingerprint density at radius 1 is 1.42 bits per heavy atom. The van der Waals surface area contributed by atoms with Crippen molar-refractivity contribution in [1.82, 2.24) is 9.97 Å². The highest BCUT2D eigenvalue weighted by Crippen LogP contribution is 2.33. The number of esters is 1. The van der Waals surface area contributed by atoms with Crippen LogP contribution in [0.25, 0.3) is 16.5 Å². The molecule has 2 aromatic rings. The first-order valence-corrected chi connectivity index (χ1v) is 6.41. The van der Waals surface area contributed by atoms with Crippen molar-refractivity contribution in [2.24, 2.45) is 0 Å². The van der Waals surface area contributed by atoms with Crippen molar-refractivity contribution in [3.8, 4) is 10.4 Å². The molecule has 5 nitrogen and oxygen atoms in total. The number of hydrogen-bond acceptors (Lipinski definition) is 6. The second-order valence-corrected chi connectivity index (χ2v) is 4.57. The number of thiazole rings is 1. The van der Waals surface area contributed by atoms with Crippen LogP contribution in [-0.2, 0) is 9.53 Å². The quantitative estimate of drug-likeness (QED) is 0.686. The van der Waals surface area contributed by atoms with Crippen LogP contribution in [0.1, 0.15) is 5.69 Å². The molecule has 0 atom stereocenters. The highest BCUT2D eigenvalue weighted by atomic mass is 32.1. The number of nitrogens with one attached hydrogen (secondary N) is 1. The van der Waals surface area contributed by atoms with Gasteiger partial charge in [-0.05, 0) is 23.8 Å². The summed E-state index contributed by atoms with van der Waals surface area (Å²) in [5.74, 6) is -0.403. The monoisotopic (exact) mass is 275 g/mol. The third-order valence-corrected chi connectivity index (χ3v) is 3.53. The SMILES string of the molecule is CNc1nc(C=CC(=O)OC)c(-c2ccncc2)s1. The van der Waals surface area contributed by atoms with E-state index in [2.05, 4.69) is 20.0 Å². The zero-order chi connectivity index (χ0) is 13.7. The lowest BCUT2D eigenvalue weighted by atomic mass is 10.2. The average molecular weight is 275 g/mol. The molecule has 0 unspecified atom stereocenters. The lowest BCUT2D eigenvalue weighted by molar-refractivity contribution is -0.134. The predicted molar refractivity (Wildman–Crippen MR) is 75.9 cm³/mol. The first kappa shape index (κ1) is 13.2. The lowest BCUT2D eigenvalue weighted by Gasteiger charge is -1.97. The van der Waals surface area contributed by atoms with E-state index in [1.807, 2.05) is 19.2 Å². The Kier molecular flexibility index (Phi) is 4.25. The largest absolute Gasteiger partial charge is 0.466 e. The highest BCUT2D eigenvalue weighted by molar-refractivity contribution is 7.19. The number of ether oxygens (including phenoxy) is 1. The standard InChI is InChI=1S/C13H13N3O2S/c1-14-13-16-10(3-4-11(17)18-2)12(19-13)9-5-7-15-8-6-9/h3-8H,1-2H3,(H,14,16). The molecule has 0 fully saturated rings. The lowest BCUT2D eigenvalue weighted by Crippen LogP contribution is -1.93. The molecule has 0 saturated carbocycles. The molecule has 2 rings (SSSR count). The second kappa shape index (κ2) is 6.10.